The number of carbonyl (C=O) groups is 1. The van der Waals surface area contributed by atoms with E-state index >= 15 is 0 Å². The third-order valence-corrected chi connectivity index (χ3v) is 3.47. The average Bonchev–Trinajstić information content (AvgIpc) is 2.68. The lowest BCUT2D eigenvalue weighted by atomic mass is 10.1. The van der Waals surface area contributed by atoms with E-state index in [-0.39, 0.29) is 30.1 Å². The van der Waals surface area contributed by atoms with Crippen LogP contribution in [0.15, 0.2) is 24.3 Å². The third kappa shape index (κ3) is 3.97. The number of likely N-dealkylation sites (tertiary alicyclic amines) is 1. The molecule has 1 heterocycles. The summed E-state index contributed by atoms with van der Waals surface area (Å²) in [6.45, 7) is 4.41. The number of benzene rings is 1. The second-order valence-electron chi connectivity index (χ2n) is 5.65. The lowest BCUT2D eigenvalue weighted by molar-refractivity contribution is -0.139. The van der Waals surface area contributed by atoms with Crippen molar-refractivity contribution in [1.82, 2.24) is 10.2 Å². The van der Waals surface area contributed by atoms with Crippen LogP contribution in [0.3, 0.4) is 0 Å². The second-order valence-corrected chi connectivity index (χ2v) is 5.65. The van der Waals surface area contributed by atoms with Crippen LogP contribution in [0.2, 0.25) is 0 Å². The van der Waals surface area contributed by atoms with Crippen LogP contribution < -0.4 is 5.32 Å². The molecule has 6 heteroatoms. The predicted octanol–water partition coefficient (Wildman–Crippen LogP) is 2.80. The molecule has 1 aliphatic heterocycles. The van der Waals surface area contributed by atoms with Crippen molar-refractivity contribution in [3.05, 3.63) is 35.4 Å². The zero-order chi connectivity index (χ0) is 15.6. The first kappa shape index (κ1) is 15.8. The van der Waals surface area contributed by atoms with Gasteiger partial charge in [0, 0.05) is 31.6 Å². The molecule has 0 saturated carbocycles. The van der Waals surface area contributed by atoms with Crippen LogP contribution in [0.25, 0.3) is 0 Å². The summed E-state index contributed by atoms with van der Waals surface area (Å²) in [6.07, 6.45) is -4.05. The Balaban J connectivity index is 2.11. The SMILES string of the molecule is CC(C)N[C@@H]1CC(=O)N(Cc2ccccc2C(F)(F)F)C1. The molecule has 1 N–H and O–H groups in total. The number of carbonyl (C=O) groups excluding carboxylic acids is 1. The quantitative estimate of drug-likeness (QED) is 0.927. The Morgan fingerprint density at radius 2 is 2.00 bits per heavy atom. The summed E-state index contributed by atoms with van der Waals surface area (Å²) in [4.78, 5) is 13.4. The lowest BCUT2D eigenvalue weighted by Crippen LogP contribution is -2.37. The largest absolute Gasteiger partial charge is 0.416 e. The van der Waals surface area contributed by atoms with Gasteiger partial charge in [0.1, 0.15) is 0 Å². The van der Waals surface area contributed by atoms with E-state index < -0.39 is 11.7 Å². The molecule has 0 radical (unpaired) electrons. The fraction of sp³-hybridized carbons (Fsp3) is 0.533. The summed E-state index contributed by atoms with van der Waals surface area (Å²) >= 11 is 0. The van der Waals surface area contributed by atoms with Crippen LogP contribution in [0, 0.1) is 0 Å². The molecule has 1 aromatic carbocycles. The fourth-order valence-electron chi connectivity index (χ4n) is 2.65. The molecule has 116 valence electrons. The van der Waals surface area contributed by atoms with Gasteiger partial charge in [-0.1, -0.05) is 32.0 Å². The highest BCUT2D eigenvalue weighted by Gasteiger charge is 2.35. The molecular weight excluding hydrogens is 281 g/mol. The van der Waals surface area contributed by atoms with E-state index in [1.54, 1.807) is 6.07 Å². The van der Waals surface area contributed by atoms with Crippen molar-refractivity contribution >= 4 is 5.91 Å². The monoisotopic (exact) mass is 300 g/mol. The van der Waals surface area contributed by atoms with Crippen molar-refractivity contribution in [3.63, 3.8) is 0 Å². The molecule has 1 amide bonds. The number of nitrogens with one attached hydrogen (secondary N) is 1. The molecule has 0 spiro atoms. The second kappa shape index (κ2) is 6.05. The van der Waals surface area contributed by atoms with E-state index in [1.165, 1.54) is 17.0 Å². The summed E-state index contributed by atoms with van der Waals surface area (Å²) in [5.74, 6) is -0.106. The molecule has 3 nitrogen and oxygen atoms in total. The van der Waals surface area contributed by atoms with Crippen molar-refractivity contribution in [1.29, 1.82) is 0 Å². The summed E-state index contributed by atoms with van der Waals surface area (Å²) in [5, 5.41) is 3.25. The van der Waals surface area contributed by atoms with Gasteiger partial charge in [-0.25, -0.2) is 0 Å². The third-order valence-electron chi connectivity index (χ3n) is 3.47. The van der Waals surface area contributed by atoms with Crippen LogP contribution in [0.5, 0.6) is 0 Å². The van der Waals surface area contributed by atoms with E-state index in [9.17, 15) is 18.0 Å². The van der Waals surface area contributed by atoms with Crippen LogP contribution in [0.1, 0.15) is 31.4 Å². The highest BCUT2D eigenvalue weighted by molar-refractivity contribution is 5.79. The number of hydrogen-bond acceptors (Lipinski definition) is 2. The number of rotatable bonds is 4. The van der Waals surface area contributed by atoms with E-state index in [2.05, 4.69) is 5.32 Å². The van der Waals surface area contributed by atoms with Crippen LogP contribution in [-0.4, -0.2) is 29.4 Å². The molecule has 2 rings (SSSR count). The van der Waals surface area contributed by atoms with Crippen molar-refractivity contribution in [2.24, 2.45) is 0 Å². The molecule has 0 unspecified atom stereocenters. The van der Waals surface area contributed by atoms with Crippen LogP contribution in [-0.2, 0) is 17.5 Å². The zero-order valence-electron chi connectivity index (χ0n) is 12.1. The van der Waals surface area contributed by atoms with Gasteiger partial charge in [0.05, 0.1) is 5.56 Å². The van der Waals surface area contributed by atoms with Gasteiger partial charge >= 0.3 is 6.18 Å². The summed E-state index contributed by atoms with van der Waals surface area (Å²) in [6, 6.07) is 5.66. The van der Waals surface area contributed by atoms with E-state index in [4.69, 9.17) is 0 Å². The molecule has 0 bridgehead atoms. The number of hydrogen-bond donors (Lipinski definition) is 1. The first-order valence-electron chi connectivity index (χ1n) is 6.96. The Bertz CT molecular complexity index is 514. The molecule has 0 aliphatic carbocycles. The summed E-state index contributed by atoms with van der Waals surface area (Å²) in [5.41, 5.74) is -0.526. The fourth-order valence-corrected chi connectivity index (χ4v) is 2.65. The molecule has 0 aromatic heterocycles. The van der Waals surface area contributed by atoms with Crippen molar-refractivity contribution in [2.75, 3.05) is 6.54 Å². The maximum absolute atomic E-state index is 13.0. The molecule has 1 aromatic rings. The number of amides is 1. The molecular formula is C15H19F3N2O. The van der Waals surface area contributed by atoms with Crippen molar-refractivity contribution in [2.45, 2.75) is 45.1 Å². The normalized spacial score (nSPS) is 19.6. The standard InChI is InChI=1S/C15H19F3N2O/c1-10(2)19-12-7-14(21)20(9-12)8-11-5-3-4-6-13(11)15(16,17)18/h3-6,10,12,19H,7-9H2,1-2H3/t12-/m1/s1. The van der Waals surface area contributed by atoms with Crippen LogP contribution in [0.4, 0.5) is 13.2 Å². The number of alkyl halides is 3. The first-order chi connectivity index (χ1) is 9.77. The van der Waals surface area contributed by atoms with Gasteiger partial charge in [-0.15, -0.1) is 0 Å². The van der Waals surface area contributed by atoms with Gasteiger partial charge in [0.2, 0.25) is 5.91 Å². The van der Waals surface area contributed by atoms with Gasteiger partial charge in [0.15, 0.2) is 0 Å². The minimum atomic E-state index is -4.39. The minimum Gasteiger partial charge on any atom is -0.337 e. The molecule has 1 saturated heterocycles. The van der Waals surface area contributed by atoms with Gasteiger partial charge in [-0.2, -0.15) is 13.2 Å². The van der Waals surface area contributed by atoms with E-state index in [0.29, 0.717) is 13.0 Å². The zero-order valence-corrected chi connectivity index (χ0v) is 12.1. The molecule has 1 atom stereocenters. The number of halogens is 3. The Kier molecular flexibility index (Phi) is 4.56. The number of nitrogens with zero attached hydrogens (tertiary/aromatic N) is 1. The Labute approximate surface area is 122 Å². The molecule has 21 heavy (non-hydrogen) atoms. The minimum absolute atomic E-state index is 0.00475. The molecule has 1 fully saturated rings. The Morgan fingerprint density at radius 3 is 2.62 bits per heavy atom. The van der Waals surface area contributed by atoms with Crippen molar-refractivity contribution < 1.29 is 18.0 Å². The van der Waals surface area contributed by atoms with Crippen LogP contribution >= 0.6 is 0 Å². The maximum atomic E-state index is 13.0. The lowest BCUT2D eigenvalue weighted by Gasteiger charge is -2.20. The van der Waals surface area contributed by atoms with Crippen molar-refractivity contribution in [3.8, 4) is 0 Å². The van der Waals surface area contributed by atoms with Gasteiger partial charge < -0.3 is 10.2 Å². The average molecular weight is 300 g/mol. The van der Waals surface area contributed by atoms with E-state index in [1.807, 2.05) is 13.8 Å². The first-order valence-corrected chi connectivity index (χ1v) is 6.96. The molecule has 1 aliphatic rings. The van der Waals surface area contributed by atoms with Gasteiger partial charge in [-0.05, 0) is 11.6 Å². The predicted molar refractivity (Wildman–Crippen MR) is 73.5 cm³/mol. The summed E-state index contributed by atoms with van der Waals surface area (Å²) < 4.78 is 38.9. The van der Waals surface area contributed by atoms with E-state index in [0.717, 1.165) is 6.07 Å². The highest BCUT2D eigenvalue weighted by Crippen LogP contribution is 2.32. The van der Waals surface area contributed by atoms with Gasteiger partial charge in [0.25, 0.3) is 0 Å². The maximum Gasteiger partial charge on any atom is 0.416 e. The highest BCUT2D eigenvalue weighted by atomic mass is 19.4. The smallest absolute Gasteiger partial charge is 0.337 e. The Morgan fingerprint density at radius 1 is 1.33 bits per heavy atom. The summed E-state index contributed by atoms with van der Waals surface area (Å²) in [7, 11) is 0. The topological polar surface area (TPSA) is 32.3 Å². The van der Waals surface area contributed by atoms with Gasteiger partial charge in [-0.3, -0.25) is 4.79 Å². The Hall–Kier alpha value is -1.56.